The Labute approximate surface area is 199 Å². The van der Waals surface area contributed by atoms with Gasteiger partial charge in [-0.15, -0.1) is 0 Å². The summed E-state index contributed by atoms with van der Waals surface area (Å²) in [5.74, 6) is 0.551. The third-order valence-corrected chi connectivity index (χ3v) is 6.30. The quantitative estimate of drug-likeness (QED) is 0.417. The summed E-state index contributed by atoms with van der Waals surface area (Å²) in [5.41, 5.74) is 9.75. The van der Waals surface area contributed by atoms with Crippen molar-refractivity contribution in [3.63, 3.8) is 0 Å². The lowest BCUT2D eigenvalue weighted by Crippen LogP contribution is -2.23. The summed E-state index contributed by atoms with van der Waals surface area (Å²) >= 11 is 0. The number of hydrogen-bond donors (Lipinski definition) is 3. The van der Waals surface area contributed by atoms with Gasteiger partial charge in [0, 0.05) is 25.2 Å². The number of rotatable bonds is 9. The fourth-order valence-corrected chi connectivity index (χ4v) is 4.61. The number of nitrogens with two attached hydrogens (primary N) is 1. The zero-order chi connectivity index (χ0) is 23.9. The molecule has 8 nitrogen and oxygen atoms in total. The number of nitrogens with zero attached hydrogens (tertiary/aromatic N) is 2. The highest BCUT2D eigenvalue weighted by Crippen LogP contribution is 2.37. The summed E-state index contributed by atoms with van der Waals surface area (Å²) in [4.78, 5) is 30.1. The van der Waals surface area contributed by atoms with E-state index in [0.29, 0.717) is 36.8 Å². The minimum Gasteiger partial charge on any atom is -0.465 e. The second kappa shape index (κ2) is 11.2. The van der Waals surface area contributed by atoms with Crippen LogP contribution in [-0.4, -0.2) is 34.4 Å². The van der Waals surface area contributed by atoms with Crippen LogP contribution in [0.25, 0.3) is 5.65 Å². The van der Waals surface area contributed by atoms with E-state index in [-0.39, 0.29) is 18.4 Å². The SMILES string of the molecule is CCOC(=O)CNc1c(C2CCCCC2)nc2c(C(=O)NCc3cccc(CN)c3)cccn12. The van der Waals surface area contributed by atoms with E-state index in [1.54, 1.807) is 13.0 Å². The van der Waals surface area contributed by atoms with Gasteiger partial charge < -0.3 is 21.1 Å². The van der Waals surface area contributed by atoms with Gasteiger partial charge in [-0.25, -0.2) is 4.98 Å². The van der Waals surface area contributed by atoms with Crippen LogP contribution in [0.3, 0.4) is 0 Å². The number of benzene rings is 1. The number of anilines is 1. The molecule has 1 aliphatic carbocycles. The van der Waals surface area contributed by atoms with E-state index in [1.807, 2.05) is 40.9 Å². The Morgan fingerprint density at radius 2 is 1.94 bits per heavy atom. The second-order valence-electron chi connectivity index (χ2n) is 8.66. The molecule has 0 unspecified atom stereocenters. The number of hydrogen-bond acceptors (Lipinski definition) is 6. The Hall–Kier alpha value is -3.39. The first-order valence-corrected chi connectivity index (χ1v) is 12.1. The van der Waals surface area contributed by atoms with Gasteiger partial charge in [0.05, 0.1) is 17.9 Å². The molecule has 34 heavy (non-hydrogen) atoms. The maximum absolute atomic E-state index is 13.2. The van der Waals surface area contributed by atoms with Crippen LogP contribution >= 0.6 is 0 Å². The van der Waals surface area contributed by atoms with Crippen LogP contribution in [-0.2, 0) is 22.6 Å². The Kier molecular flexibility index (Phi) is 7.80. The Morgan fingerprint density at radius 3 is 2.71 bits per heavy atom. The molecule has 3 aromatic rings. The Bertz CT molecular complexity index is 1150. The van der Waals surface area contributed by atoms with Crippen molar-refractivity contribution in [3.05, 3.63) is 65.0 Å². The molecule has 0 radical (unpaired) electrons. The summed E-state index contributed by atoms with van der Waals surface area (Å²) in [6.45, 7) is 3.03. The molecule has 2 aromatic heterocycles. The first-order valence-electron chi connectivity index (χ1n) is 12.1. The summed E-state index contributed by atoms with van der Waals surface area (Å²) < 4.78 is 6.97. The molecule has 0 spiro atoms. The van der Waals surface area contributed by atoms with Crippen LogP contribution in [0.1, 0.15) is 72.1 Å². The van der Waals surface area contributed by atoms with Crippen molar-refractivity contribution in [1.82, 2.24) is 14.7 Å². The Morgan fingerprint density at radius 1 is 1.15 bits per heavy atom. The Balaban J connectivity index is 1.62. The fraction of sp³-hybridized carbons (Fsp3) is 0.423. The van der Waals surface area contributed by atoms with Gasteiger partial charge in [-0.05, 0) is 43.0 Å². The number of carbonyl (C=O) groups is 2. The van der Waals surface area contributed by atoms with Crippen molar-refractivity contribution < 1.29 is 14.3 Å². The summed E-state index contributed by atoms with van der Waals surface area (Å²) in [7, 11) is 0. The lowest BCUT2D eigenvalue weighted by atomic mass is 9.87. The van der Waals surface area contributed by atoms with E-state index in [9.17, 15) is 9.59 Å². The van der Waals surface area contributed by atoms with E-state index in [2.05, 4.69) is 10.6 Å². The molecule has 0 bridgehead atoms. The smallest absolute Gasteiger partial charge is 0.325 e. The summed E-state index contributed by atoms with van der Waals surface area (Å²) in [5, 5.41) is 6.24. The maximum Gasteiger partial charge on any atom is 0.325 e. The van der Waals surface area contributed by atoms with Crippen molar-refractivity contribution in [2.24, 2.45) is 5.73 Å². The fourth-order valence-electron chi connectivity index (χ4n) is 4.61. The van der Waals surface area contributed by atoms with Crippen LogP contribution in [0.5, 0.6) is 0 Å². The molecule has 1 amide bonds. The number of aromatic nitrogens is 2. The summed E-state index contributed by atoms with van der Waals surface area (Å²) in [6.07, 6.45) is 7.53. The van der Waals surface area contributed by atoms with Crippen LogP contribution in [0.4, 0.5) is 5.82 Å². The zero-order valence-corrected chi connectivity index (χ0v) is 19.7. The lowest BCUT2D eigenvalue weighted by molar-refractivity contribution is -0.140. The standard InChI is InChI=1S/C26H33N5O3/c1-2-34-22(32)17-28-25-23(20-10-4-3-5-11-20)30-24-21(12-7-13-31(24)25)26(33)29-16-19-9-6-8-18(14-19)15-27/h6-9,12-14,20,28H,2-5,10-11,15-17,27H2,1H3,(H,29,33). The van der Waals surface area contributed by atoms with Crippen LogP contribution in [0.2, 0.25) is 0 Å². The number of esters is 1. The van der Waals surface area contributed by atoms with Gasteiger partial charge in [-0.1, -0.05) is 43.5 Å². The number of fused-ring (bicyclic) bond motifs is 1. The average molecular weight is 464 g/mol. The number of pyridine rings is 1. The molecule has 1 aliphatic rings. The maximum atomic E-state index is 13.2. The van der Waals surface area contributed by atoms with Crippen molar-refractivity contribution in [3.8, 4) is 0 Å². The molecular formula is C26H33N5O3. The van der Waals surface area contributed by atoms with E-state index in [1.165, 1.54) is 6.42 Å². The molecule has 1 saturated carbocycles. The van der Waals surface area contributed by atoms with Gasteiger partial charge in [-0.3, -0.25) is 14.0 Å². The number of carbonyl (C=O) groups excluding carboxylic acids is 2. The molecule has 1 fully saturated rings. The third-order valence-electron chi connectivity index (χ3n) is 6.30. The third kappa shape index (κ3) is 5.39. The normalized spacial score (nSPS) is 14.2. The first kappa shape index (κ1) is 23.8. The average Bonchev–Trinajstić information content (AvgIpc) is 3.25. The minimum absolute atomic E-state index is 0.0509. The van der Waals surface area contributed by atoms with Crippen LogP contribution in [0.15, 0.2) is 42.6 Å². The number of ether oxygens (including phenoxy) is 1. The molecule has 4 rings (SSSR count). The highest BCUT2D eigenvalue weighted by Gasteiger charge is 2.25. The van der Waals surface area contributed by atoms with Gasteiger partial charge in [0.1, 0.15) is 12.4 Å². The molecule has 2 heterocycles. The molecule has 1 aromatic carbocycles. The van der Waals surface area contributed by atoms with Gasteiger partial charge >= 0.3 is 5.97 Å². The van der Waals surface area contributed by atoms with E-state index in [4.69, 9.17) is 15.5 Å². The lowest BCUT2D eigenvalue weighted by Gasteiger charge is -2.21. The van der Waals surface area contributed by atoms with Crippen molar-refractivity contribution in [2.75, 3.05) is 18.5 Å². The van der Waals surface area contributed by atoms with E-state index >= 15 is 0 Å². The summed E-state index contributed by atoms with van der Waals surface area (Å²) in [6, 6.07) is 11.5. The van der Waals surface area contributed by atoms with Gasteiger partial charge in [0.25, 0.3) is 5.91 Å². The van der Waals surface area contributed by atoms with E-state index in [0.717, 1.165) is 48.3 Å². The highest BCUT2D eigenvalue weighted by atomic mass is 16.5. The minimum atomic E-state index is -0.319. The van der Waals surface area contributed by atoms with Crippen molar-refractivity contribution in [2.45, 2.75) is 58.0 Å². The predicted molar refractivity (Wildman–Crippen MR) is 132 cm³/mol. The molecule has 0 aliphatic heterocycles. The molecular weight excluding hydrogens is 430 g/mol. The first-order chi connectivity index (χ1) is 16.6. The number of nitrogens with one attached hydrogen (secondary N) is 2. The van der Waals surface area contributed by atoms with Crippen LogP contribution in [0, 0.1) is 0 Å². The second-order valence-corrected chi connectivity index (χ2v) is 8.66. The molecule has 0 atom stereocenters. The number of amides is 1. The molecule has 180 valence electrons. The predicted octanol–water partition coefficient (Wildman–Crippen LogP) is 3.75. The topological polar surface area (TPSA) is 111 Å². The van der Waals surface area contributed by atoms with Gasteiger partial charge in [0.2, 0.25) is 0 Å². The molecule has 0 saturated heterocycles. The zero-order valence-electron chi connectivity index (χ0n) is 19.7. The van der Waals surface area contributed by atoms with Crippen molar-refractivity contribution >= 4 is 23.3 Å². The van der Waals surface area contributed by atoms with Gasteiger partial charge in [-0.2, -0.15) is 0 Å². The largest absolute Gasteiger partial charge is 0.465 e. The van der Waals surface area contributed by atoms with Crippen LogP contribution < -0.4 is 16.4 Å². The monoisotopic (exact) mass is 463 g/mol. The molecule has 4 N–H and O–H groups in total. The van der Waals surface area contributed by atoms with Gasteiger partial charge in [0.15, 0.2) is 5.65 Å². The van der Waals surface area contributed by atoms with E-state index < -0.39 is 0 Å². The number of imidazole rings is 1. The molecule has 8 heteroatoms. The van der Waals surface area contributed by atoms with Crippen molar-refractivity contribution in [1.29, 1.82) is 0 Å². The highest BCUT2D eigenvalue weighted by molar-refractivity contribution is 6.00.